The second-order valence-corrected chi connectivity index (χ2v) is 8.79. The first kappa shape index (κ1) is 14.2. The fourth-order valence-electron chi connectivity index (χ4n) is 2.33. The number of sulfone groups is 1. The van der Waals surface area contributed by atoms with Gasteiger partial charge in [-0.05, 0) is 32.6 Å². The molecule has 2 rings (SSSR count). The Hall–Kier alpha value is -0.230. The summed E-state index contributed by atoms with van der Waals surface area (Å²) in [7, 11) is -2.86. The van der Waals surface area contributed by atoms with E-state index in [2.05, 4.69) is 24.2 Å². The molecule has 2 aliphatic heterocycles. The molecule has 2 heterocycles. The SMILES string of the molecule is CCC1(C)CCSC(=NC2CCCS(=O)(=O)C2)N1. The van der Waals surface area contributed by atoms with Gasteiger partial charge in [0.2, 0.25) is 0 Å². The summed E-state index contributed by atoms with van der Waals surface area (Å²) in [6.07, 6.45) is 3.85. The maximum absolute atomic E-state index is 11.6. The predicted molar refractivity (Wildman–Crippen MR) is 78.0 cm³/mol. The van der Waals surface area contributed by atoms with Crippen LogP contribution in [-0.4, -0.2) is 42.4 Å². The molecule has 0 aliphatic carbocycles. The fraction of sp³-hybridized carbons (Fsp3) is 0.917. The zero-order valence-corrected chi connectivity index (χ0v) is 12.7. The van der Waals surface area contributed by atoms with Gasteiger partial charge in [0.1, 0.15) is 0 Å². The normalized spacial score (nSPS) is 38.3. The number of hydrogen-bond donors (Lipinski definition) is 1. The molecule has 0 radical (unpaired) electrons. The van der Waals surface area contributed by atoms with Crippen molar-refractivity contribution in [3.8, 4) is 0 Å². The second kappa shape index (κ2) is 5.41. The molecule has 0 aromatic rings. The first-order chi connectivity index (χ1) is 8.42. The Balaban J connectivity index is 2.04. The summed E-state index contributed by atoms with van der Waals surface area (Å²) in [5.74, 6) is 1.62. The van der Waals surface area contributed by atoms with Crippen molar-refractivity contribution in [1.82, 2.24) is 5.32 Å². The lowest BCUT2D eigenvalue weighted by atomic mass is 9.96. The molecule has 4 nitrogen and oxygen atoms in total. The molecule has 104 valence electrons. The maximum Gasteiger partial charge on any atom is 0.157 e. The van der Waals surface area contributed by atoms with Crippen molar-refractivity contribution in [2.24, 2.45) is 4.99 Å². The van der Waals surface area contributed by atoms with Gasteiger partial charge in [-0.1, -0.05) is 18.7 Å². The number of amidine groups is 1. The Morgan fingerprint density at radius 1 is 1.56 bits per heavy atom. The lowest BCUT2D eigenvalue weighted by Crippen LogP contribution is -2.48. The Labute approximate surface area is 114 Å². The van der Waals surface area contributed by atoms with E-state index in [-0.39, 0.29) is 17.3 Å². The molecule has 0 aromatic heterocycles. The van der Waals surface area contributed by atoms with Crippen LogP contribution >= 0.6 is 11.8 Å². The van der Waals surface area contributed by atoms with Gasteiger partial charge >= 0.3 is 0 Å². The van der Waals surface area contributed by atoms with Crippen LogP contribution in [0.25, 0.3) is 0 Å². The molecule has 0 amide bonds. The second-order valence-electron chi connectivity index (χ2n) is 5.48. The number of nitrogens with one attached hydrogen (secondary N) is 1. The smallest absolute Gasteiger partial charge is 0.157 e. The maximum atomic E-state index is 11.6. The number of aliphatic imine (C=N–C) groups is 1. The summed E-state index contributed by atoms with van der Waals surface area (Å²) < 4.78 is 23.2. The summed E-state index contributed by atoms with van der Waals surface area (Å²) in [6, 6.07) is -0.0436. The first-order valence-electron chi connectivity index (χ1n) is 6.62. The molecular weight excluding hydrogens is 268 g/mol. The molecule has 0 saturated carbocycles. The molecule has 1 N–H and O–H groups in total. The molecule has 2 saturated heterocycles. The van der Waals surface area contributed by atoms with Crippen molar-refractivity contribution in [1.29, 1.82) is 0 Å². The highest BCUT2D eigenvalue weighted by atomic mass is 32.2. The van der Waals surface area contributed by atoms with Crippen LogP contribution in [0.2, 0.25) is 0 Å². The summed E-state index contributed by atoms with van der Waals surface area (Å²) >= 11 is 1.72. The van der Waals surface area contributed by atoms with E-state index in [1.54, 1.807) is 11.8 Å². The fourth-order valence-corrected chi connectivity index (χ4v) is 5.22. The molecule has 0 spiro atoms. The number of nitrogens with zero attached hydrogens (tertiary/aromatic N) is 1. The van der Waals surface area contributed by atoms with E-state index in [4.69, 9.17) is 0 Å². The average molecular weight is 290 g/mol. The number of thioether (sulfide) groups is 1. The van der Waals surface area contributed by atoms with E-state index in [0.29, 0.717) is 5.75 Å². The molecule has 18 heavy (non-hydrogen) atoms. The van der Waals surface area contributed by atoms with Crippen LogP contribution in [0, 0.1) is 0 Å². The third-order valence-electron chi connectivity index (χ3n) is 3.82. The van der Waals surface area contributed by atoms with E-state index in [1.807, 2.05) is 0 Å². The van der Waals surface area contributed by atoms with Gasteiger partial charge in [0.05, 0.1) is 17.5 Å². The van der Waals surface area contributed by atoms with Crippen molar-refractivity contribution < 1.29 is 8.42 Å². The lowest BCUT2D eigenvalue weighted by Gasteiger charge is -2.35. The standard InChI is InChI=1S/C12H22N2O2S2/c1-3-12(2)6-7-17-11(14-12)13-10-5-4-8-18(15,16)9-10/h10H,3-9H2,1-2H3,(H,13,14). The van der Waals surface area contributed by atoms with Gasteiger partial charge in [0.15, 0.2) is 15.0 Å². The van der Waals surface area contributed by atoms with Crippen LogP contribution in [0.4, 0.5) is 0 Å². The molecule has 6 heteroatoms. The van der Waals surface area contributed by atoms with Gasteiger partial charge in [-0.15, -0.1) is 0 Å². The third kappa shape index (κ3) is 3.63. The minimum atomic E-state index is -2.86. The molecule has 0 bridgehead atoms. The highest BCUT2D eigenvalue weighted by molar-refractivity contribution is 8.13. The van der Waals surface area contributed by atoms with Crippen LogP contribution in [0.5, 0.6) is 0 Å². The van der Waals surface area contributed by atoms with E-state index < -0.39 is 9.84 Å². The predicted octanol–water partition coefficient (Wildman–Crippen LogP) is 1.81. The molecule has 2 aliphatic rings. The highest BCUT2D eigenvalue weighted by Crippen LogP contribution is 2.26. The van der Waals surface area contributed by atoms with Crippen LogP contribution in [0.1, 0.15) is 39.5 Å². The Kier molecular flexibility index (Phi) is 4.26. The number of rotatable bonds is 2. The third-order valence-corrected chi connectivity index (χ3v) is 6.51. The van der Waals surface area contributed by atoms with Gasteiger partial charge in [-0.2, -0.15) is 0 Å². The first-order valence-corrected chi connectivity index (χ1v) is 9.42. The highest BCUT2D eigenvalue weighted by Gasteiger charge is 2.29. The summed E-state index contributed by atoms with van der Waals surface area (Å²) in [5.41, 5.74) is 0.123. The quantitative estimate of drug-likeness (QED) is 0.843. The van der Waals surface area contributed by atoms with E-state index >= 15 is 0 Å². The topological polar surface area (TPSA) is 58.5 Å². The minimum Gasteiger partial charge on any atom is -0.360 e. The van der Waals surface area contributed by atoms with E-state index in [1.165, 1.54) is 0 Å². The summed E-state index contributed by atoms with van der Waals surface area (Å²) in [5, 5.41) is 4.41. The summed E-state index contributed by atoms with van der Waals surface area (Å²) in [6.45, 7) is 4.38. The van der Waals surface area contributed by atoms with Crippen LogP contribution < -0.4 is 5.32 Å². The zero-order valence-electron chi connectivity index (χ0n) is 11.1. The largest absolute Gasteiger partial charge is 0.360 e. The minimum absolute atomic E-state index is 0.0436. The summed E-state index contributed by atoms with van der Waals surface area (Å²) in [4.78, 5) is 4.62. The molecular formula is C12H22N2O2S2. The van der Waals surface area contributed by atoms with Gasteiger partial charge in [-0.3, -0.25) is 4.99 Å². The molecule has 0 aromatic carbocycles. The number of hydrogen-bond acceptors (Lipinski definition) is 4. The van der Waals surface area contributed by atoms with Gasteiger partial charge in [-0.25, -0.2) is 8.42 Å². The van der Waals surface area contributed by atoms with Crippen LogP contribution in [-0.2, 0) is 9.84 Å². The Morgan fingerprint density at radius 3 is 3.00 bits per heavy atom. The van der Waals surface area contributed by atoms with Crippen molar-refractivity contribution in [2.45, 2.75) is 51.1 Å². The molecule has 2 fully saturated rings. The lowest BCUT2D eigenvalue weighted by molar-refractivity contribution is 0.389. The van der Waals surface area contributed by atoms with Gasteiger partial charge in [0.25, 0.3) is 0 Å². The van der Waals surface area contributed by atoms with Gasteiger partial charge in [0, 0.05) is 11.3 Å². The van der Waals surface area contributed by atoms with E-state index in [9.17, 15) is 8.42 Å². The van der Waals surface area contributed by atoms with Crippen molar-refractivity contribution in [2.75, 3.05) is 17.3 Å². The van der Waals surface area contributed by atoms with Gasteiger partial charge < -0.3 is 5.32 Å². The Morgan fingerprint density at radius 2 is 2.33 bits per heavy atom. The Bertz CT molecular complexity index is 433. The average Bonchev–Trinajstić information content (AvgIpc) is 2.28. The molecule has 2 unspecified atom stereocenters. The van der Waals surface area contributed by atoms with Crippen molar-refractivity contribution in [3.05, 3.63) is 0 Å². The van der Waals surface area contributed by atoms with Crippen molar-refractivity contribution >= 4 is 26.8 Å². The van der Waals surface area contributed by atoms with Crippen LogP contribution in [0.3, 0.4) is 0 Å². The van der Waals surface area contributed by atoms with Crippen molar-refractivity contribution in [3.63, 3.8) is 0 Å². The zero-order chi connectivity index (χ0) is 13.2. The molecule has 2 atom stereocenters. The monoisotopic (exact) mass is 290 g/mol. The van der Waals surface area contributed by atoms with E-state index in [0.717, 1.165) is 36.6 Å². The van der Waals surface area contributed by atoms with Crippen LogP contribution in [0.15, 0.2) is 4.99 Å².